The molecule has 2 atom stereocenters. The highest BCUT2D eigenvalue weighted by Gasteiger charge is 2.22. The molecule has 3 nitrogen and oxygen atoms in total. The van der Waals surface area contributed by atoms with Crippen molar-refractivity contribution in [1.29, 1.82) is 0 Å². The molecule has 1 aliphatic rings. The molecular weight excluding hydrogens is 80.0 g/mol. The van der Waals surface area contributed by atoms with Gasteiger partial charge in [0.1, 0.15) is 6.23 Å². The van der Waals surface area contributed by atoms with Crippen LogP contribution in [0.1, 0.15) is 0 Å². The largest absolute Gasteiger partial charge is 0.377 e. The topological polar surface area (TPSA) is 58.3 Å². The van der Waals surface area contributed by atoms with Crippen molar-refractivity contribution in [2.24, 2.45) is 5.73 Å². The maximum Gasteiger partial charge on any atom is 0.121 e. The predicted octanol–water partition coefficient (Wildman–Crippen LogP) is -1.76. The molecule has 0 saturated carbocycles. The Morgan fingerprint density at radius 1 is 1.83 bits per heavy atom. The number of aliphatic hydroxyl groups excluding tert-OH is 1. The van der Waals surface area contributed by atoms with E-state index in [1.807, 2.05) is 0 Å². The number of aliphatic hydroxyl groups is 1. The summed E-state index contributed by atoms with van der Waals surface area (Å²) in [6.45, 7) is 0.751. The summed E-state index contributed by atoms with van der Waals surface area (Å²) in [7, 11) is 0. The molecule has 0 spiro atoms. The van der Waals surface area contributed by atoms with E-state index in [9.17, 15) is 0 Å². The lowest BCUT2D eigenvalue weighted by Gasteiger charge is -2.29. The molecule has 0 aromatic carbocycles. The highest BCUT2D eigenvalue weighted by atomic mass is 16.3. The molecule has 3 heteroatoms. The van der Waals surface area contributed by atoms with E-state index in [-0.39, 0.29) is 6.04 Å². The summed E-state index contributed by atoms with van der Waals surface area (Å²) in [5.41, 5.74) is 5.21. The normalized spacial score (nSPS) is 45.0. The molecule has 2 unspecified atom stereocenters. The fraction of sp³-hybridized carbons (Fsp3) is 1.00. The second-order valence-corrected chi connectivity index (χ2v) is 1.52. The van der Waals surface area contributed by atoms with Crippen LogP contribution in [-0.2, 0) is 0 Å². The standard InChI is InChI=1S/C3H8N2O/c4-2-1-5-3(2)6/h2-3,5-6H,1,4H2. The van der Waals surface area contributed by atoms with E-state index in [4.69, 9.17) is 10.8 Å². The summed E-state index contributed by atoms with van der Waals surface area (Å²) in [6, 6.07) is -0.0231. The summed E-state index contributed by atoms with van der Waals surface area (Å²) >= 11 is 0. The highest BCUT2D eigenvalue weighted by molar-refractivity contribution is 4.82. The van der Waals surface area contributed by atoms with Crippen molar-refractivity contribution in [2.75, 3.05) is 6.54 Å². The molecule has 6 heavy (non-hydrogen) atoms. The maximum absolute atomic E-state index is 8.48. The summed E-state index contributed by atoms with van der Waals surface area (Å²) in [5, 5.41) is 11.2. The molecule has 1 heterocycles. The first-order chi connectivity index (χ1) is 2.80. The van der Waals surface area contributed by atoms with Crippen LogP contribution in [-0.4, -0.2) is 23.9 Å². The van der Waals surface area contributed by atoms with Gasteiger partial charge in [-0.2, -0.15) is 0 Å². The first kappa shape index (κ1) is 4.05. The van der Waals surface area contributed by atoms with Gasteiger partial charge in [0.15, 0.2) is 0 Å². The Hall–Kier alpha value is -0.120. The van der Waals surface area contributed by atoms with Gasteiger partial charge in [-0.1, -0.05) is 0 Å². The SMILES string of the molecule is NC1CNC1O. The van der Waals surface area contributed by atoms with Crippen LogP contribution in [0.25, 0.3) is 0 Å². The van der Waals surface area contributed by atoms with E-state index in [1.165, 1.54) is 0 Å². The minimum atomic E-state index is -0.440. The van der Waals surface area contributed by atoms with Crippen molar-refractivity contribution in [1.82, 2.24) is 5.32 Å². The first-order valence-corrected chi connectivity index (χ1v) is 1.98. The third kappa shape index (κ3) is 0.408. The van der Waals surface area contributed by atoms with Gasteiger partial charge in [-0.25, -0.2) is 0 Å². The van der Waals surface area contributed by atoms with Gasteiger partial charge >= 0.3 is 0 Å². The lowest BCUT2D eigenvalue weighted by Crippen LogP contribution is -2.61. The molecule has 0 radical (unpaired) electrons. The van der Waals surface area contributed by atoms with Gasteiger partial charge in [-0.3, -0.25) is 5.32 Å². The van der Waals surface area contributed by atoms with Gasteiger partial charge < -0.3 is 10.8 Å². The molecule has 1 rings (SSSR count). The van der Waals surface area contributed by atoms with Crippen molar-refractivity contribution in [2.45, 2.75) is 12.3 Å². The van der Waals surface area contributed by atoms with Crippen LogP contribution >= 0.6 is 0 Å². The monoisotopic (exact) mass is 88.1 g/mol. The zero-order valence-electron chi connectivity index (χ0n) is 3.39. The van der Waals surface area contributed by atoms with E-state index in [2.05, 4.69) is 5.32 Å². The Morgan fingerprint density at radius 3 is 2.33 bits per heavy atom. The molecule has 1 saturated heterocycles. The highest BCUT2D eigenvalue weighted by Crippen LogP contribution is 1.93. The third-order valence-electron chi connectivity index (χ3n) is 0.968. The first-order valence-electron chi connectivity index (χ1n) is 1.98. The summed E-state index contributed by atoms with van der Waals surface area (Å²) in [6.07, 6.45) is -0.440. The van der Waals surface area contributed by atoms with E-state index in [1.54, 1.807) is 0 Å². The van der Waals surface area contributed by atoms with Crippen LogP contribution in [0.4, 0.5) is 0 Å². The molecule has 0 aromatic heterocycles. The minimum absolute atomic E-state index is 0.0231. The predicted molar refractivity (Wildman–Crippen MR) is 22.0 cm³/mol. The van der Waals surface area contributed by atoms with E-state index >= 15 is 0 Å². The second-order valence-electron chi connectivity index (χ2n) is 1.52. The maximum atomic E-state index is 8.48. The van der Waals surface area contributed by atoms with Crippen LogP contribution in [0, 0.1) is 0 Å². The number of nitrogens with one attached hydrogen (secondary N) is 1. The molecule has 0 amide bonds. The molecule has 36 valence electrons. The van der Waals surface area contributed by atoms with Gasteiger partial charge in [0, 0.05) is 6.54 Å². The third-order valence-corrected chi connectivity index (χ3v) is 0.968. The van der Waals surface area contributed by atoms with E-state index in [0.29, 0.717) is 0 Å². The summed E-state index contributed by atoms with van der Waals surface area (Å²) in [5.74, 6) is 0. The molecular formula is C3H8N2O. The number of hydrogen-bond donors (Lipinski definition) is 3. The lowest BCUT2D eigenvalue weighted by molar-refractivity contribution is 0.0497. The van der Waals surface area contributed by atoms with E-state index < -0.39 is 6.23 Å². The molecule has 1 fully saturated rings. The Bertz CT molecular complexity index is 48.8. The van der Waals surface area contributed by atoms with Crippen molar-refractivity contribution in [3.63, 3.8) is 0 Å². The van der Waals surface area contributed by atoms with Gasteiger partial charge in [-0.05, 0) is 0 Å². The Kier molecular flexibility index (Phi) is 0.799. The van der Waals surface area contributed by atoms with Crippen molar-refractivity contribution in [3.8, 4) is 0 Å². The molecule has 0 bridgehead atoms. The average molecular weight is 88.1 g/mol. The van der Waals surface area contributed by atoms with E-state index in [0.717, 1.165) is 6.54 Å². The van der Waals surface area contributed by atoms with Crippen molar-refractivity contribution >= 4 is 0 Å². The van der Waals surface area contributed by atoms with Crippen LogP contribution in [0.15, 0.2) is 0 Å². The van der Waals surface area contributed by atoms with Crippen molar-refractivity contribution < 1.29 is 5.11 Å². The van der Waals surface area contributed by atoms with Gasteiger partial charge in [0.2, 0.25) is 0 Å². The van der Waals surface area contributed by atoms with Gasteiger partial charge in [0.25, 0.3) is 0 Å². The molecule has 1 aliphatic heterocycles. The van der Waals surface area contributed by atoms with Crippen molar-refractivity contribution in [3.05, 3.63) is 0 Å². The fourth-order valence-electron chi connectivity index (χ4n) is 0.359. The number of hydrogen-bond acceptors (Lipinski definition) is 3. The zero-order valence-corrected chi connectivity index (χ0v) is 3.39. The van der Waals surface area contributed by atoms with Gasteiger partial charge in [-0.15, -0.1) is 0 Å². The van der Waals surface area contributed by atoms with Crippen LogP contribution in [0.3, 0.4) is 0 Å². The second kappa shape index (κ2) is 1.18. The Labute approximate surface area is 36.1 Å². The zero-order chi connectivity index (χ0) is 4.57. The minimum Gasteiger partial charge on any atom is -0.377 e. The Balaban J connectivity index is 2.20. The van der Waals surface area contributed by atoms with Gasteiger partial charge in [0.05, 0.1) is 6.04 Å². The lowest BCUT2D eigenvalue weighted by atomic mass is 10.2. The molecule has 0 aliphatic carbocycles. The molecule has 0 aromatic rings. The fourth-order valence-corrected chi connectivity index (χ4v) is 0.359. The Morgan fingerprint density at radius 2 is 2.33 bits per heavy atom. The number of nitrogens with two attached hydrogens (primary N) is 1. The smallest absolute Gasteiger partial charge is 0.121 e. The van der Waals surface area contributed by atoms with Crippen LogP contribution in [0.2, 0.25) is 0 Å². The van der Waals surface area contributed by atoms with Crippen LogP contribution in [0.5, 0.6) is 0 Å². The summed E-state index contributed by atoms with van der Waals surface area (Å²) in [4.78, 5) is 0. The molecule has 4 N–H and O–H groups in total. The van der Waals surface area contributed by atoms with Crippen LogP contribution < -0.4 is 11.1 Å². The quantitative estimate of drug-likeness (QED) is 0.328. The summed E-state index contributed by atoms with van der Waals surface area (Å²) < 4.78 is 0. The number of rotatable bonds is 0. The average Bonchev–Trinajstić information content (AvgIpc) is 1.61.